The van der Waals surface area contributed by atoms with Crippen LogP contribution in [0.25, 0.3) is 0 Å². The lowest BCUT2D eigenvalue weighted by atomic mass is 10.0. The topological polar surface area (TPSA) is 50.1 Å². The average molecular weight is 423 g/mol. The van der Waals surface area contributed by atoms with E-state index in [-0.39, 0.29) is 17.4 Å². The first-order valence-corrected chi connectivity index (χ1v) is 10.9. The number of halogens is 1. The Labute approximate surface area is 183 Å². The number of aromatic nitrogens is 4. The van der Waals surface area contributed by atoms with E-state index in [2.05, 4.69) is 78.1 Å². The van der Waals surface area contributed by atoms with E-state index >= 15 is 0 Å². The number of rotatable bonds is 4. The van der Waals surface area contributed by atoms with Gasteiger partial charge in [-0.3, -0.25) is 4.90 Å². The molecule has 0 bridgehead atoms. The smallest absolute Gasteiger partial charge is 0.173 e. The van der Waals surface area contributed by atoms with Gasteiger partial charge in [0, 0.05) is 37.4 Å². The molecule has 4 rings (SSSR count). The van der Waals surface area contributed by atoms with Gasteiger partial charge >= 0.3 is 0 Å². The molecular formula is C24H31FN6. The SMILES string of the molecule is Cc1cccc(N2CCN([C@H](c3ccccc3F)c3nnnn3C(C)(C)C)CC2)c1C. The molecule has 1 fully saturated rings. The summed E-state index contributed by atoms with van der Waals surface area (Å²) in [5, 5.41) is 12.5. The van der Waals surface area contributed by atoms with Gasteiger partial charge < -0.3 is 4.90 Å². The number of hydrogen-bond donors (Lipinski definition) is 0. The van der Waals surface area contributed by atoms with Gasteiger partial charge in [0.05, 0.1) is 5.54 Å². The monoisotopic (exact) mass is 422 g/mol. The Kier molecular flexibility index (Phi) is 5.79. The molecule has 6 nitrogen and oxygen atoms in total. The molecule has 2 aromatic carbocycles. The van der Waals surface area contributed by atoms with Crippen LogP contribution in [-0.2, 0) is 5.54 Å². The summed E-state index contributed by atoms with van der Waals surface area (Å²) in [7, 11) is 0. The maximum absolute atomic E-state index is 14.9. The van der Waals surface area contributed by atoms with E-state index in [9.17, 15) is 4.39 Å². The molecule has 1 aliphatic heterocycles. The van der Waals surface area contributed by atoms with E-state index in [1.54, 1.807) is 6.07 Å². The first-order chi connectivity index (χ1) is 14.8. The molecular weight excluding hydrogens is 391 g/mol. The Morgan fingerprint density at radius 1 is 0.935 bits per heavy atom. The third kappa shape index (κ3) is 4.19. The molecule has 0 unspecified atom stereocenters. The molecule has 0 aliphatic carbocycles. The summed E-state index contributed by atoms with van der Waals surface area (Å²) in [5.74, 6) is 0.450. The normalized spacial score (nSPS) is 16.5. The minimum atomic E-state index is -0.337. The van der Waals surface area contributed by atoms with Gasteiger partial charge in [0.25, 0.3) is 0 Å². The van der Waals surface area contributed by atoms with Gasteiger partial charge in [0.2, 0.25) is 0 Å². The molecule has 2 heterocycles. The Morgan fingerprint density at radius 3 is 2.32 bits per heavy atom. The van der Waals surface area contributed by atoms with Crippen LogP contribution in [0.1, 0.15) is 49.3 Å². The van der Waals surface area contributed by atoms with Gasteiger partial charge in [0.15, 0.2) is 5.82 Å². The van der Waals surface area contributed by atoms with Gasteiger partial charge in [-0.1, -0.05) is 30.3 Å². The number of anilines is 1. The van der Waals surface area contributed by atoms with Crippen molar-refractivity contribution in [2.24, 2.45) is 0 Å². The van der Waals surface area contributed by atoms with Crippen molar-refractivity contribution >= 4 is 5.69 Å². The van der Waals surface area contributed by atoms with Crippen LogP contribution in [-0.4, -0.2) is 51.3 Å². The highest BCUT2D eigenvalue weighted by molar-refractivity contribution is 5.56. The summed E-state index contributed by atoms with van der Waals surface area (Å²) in [6, 6.07) is 13.1. The molecule has 0 saturated carbocycles. The number of piperazine rings is 1. The van der Waals surface area contributed by atoms with Gasteiger partial charge in [-0.2, -0.15) is 0 Å². The highest BCUT2D eigenvalue weighted by Gasteiger charge is 2.34. The van der Waals surface area contributed by atoms with Crippen LogP contribution >= 0.6 is 0 Å². The number of hydrogen-bond acceptors (Lipinski definition) is 5. The number of benzene rings is 2. The number of nitrogens with zero attached hydrogens (tertiary/aromatic N) is 6. The van der Waals surface area contributed by atoms with Crippen molar-refractivity contribution in [3.8, 4) is 0 Å². The summed E-state index contributed by atoms with van der Waals surface area (Å²) in [6.45, 7) is 13.8. The molecule has 0 amide bonds. The predicted molar refractivity (Wildman–Crippen MR) is 121 cm³/mol. The summed E-state index contributed by atoms with van der Waals surface area (Å²) in [4.78, 5) is 4.72. The third-order valence-corrected chi connectivity index (χ3v) is 6.17. The fourth-order valence-electron chi connectivity index (χ4n) is 4.34. The number of tetrazole rings is 1. The molecule has 7 heteroatoms. The number of aryl methyl sites for hydroxylation is 1. The lowest BCUT2D eigenvalue weighted by Gasteiger charge is -2.41. The van der Waals surface area contributed by atoms with Gasteiger partial charge in [0.1, 0.15) is 11.9 Å². The first-order valence-electron chi connectivity index (χ1n) is 10.9. The minimum absolute atomic E-state index is 0.229. The third-order valence-electron chi connectivity index (χ3n) is 6.17. The molecule has 0 N–H and O–H groups in total. The van der Waals surface area contributed by atoms with Crippen LogP contribution in [0.15, 0.2) is 42.5 Å². The van der Waals surface area contributed by atoms with Gasteiger partial charge in [-0.05, 0) is 68.3 Å². The molecule has 1 atom stereocenters. The van der Waals surface area contributed by atoms with Crippen molar-refractivity contribution < 1.29 is 4.39 Å². The van der Waals surface area contributed by atoms with Crippen LogP contribution in [0, 0.1) is 19.7 Å². The Balaban J connectivity index is 1.66. The lowest BCUT2D eigenvalue weighted by Crippen LogP contribution is -2.49. The lowest BCUT2D eigenvalue weighted by molar-refractivity contribution is 0.188. The van der Waals surface area contributed by atoms with E-state index in [1.165, 1.54) is 22.9 Å². The van der Waals surface area contributed by atoms with Crippen molar-refractivity contribution in [3.05, 3.63) is 70.8 Å². The van der Waals surface area contributed by atoms with Crippen LogP contribution in [0.5, 0.6) is 0 Å². The molecule has 1 saturated heterocycles. The summed E-state index contributed by atoms with van der Waals surface area (Å²) < 4.78 is 16.8. The Bertz CT molecular complexity index is 1050. The molecule has 1 aliphatic rings. The molecule has 0 spiro atoms. The first kappa shape index (κ1) is 21.4. The highest BCUT2D eigenvalue weighted by Crippen LogP contribution is 2.33. The van der Waals surface area contributed by atoms with Crippen molar-refractivity contribution in [1.29, 1.82) is 0 Å². The van der Waals surface area contributed by atoms with Gasteiger partial charge in [-0.15, -0.1) is 5.10 Å². The highest BCUT2D eigenvalue weighted by atomic mass is 19.1. The Morgan fingerprint density at radius 2 is 1.65 bits per heavy atom. The van der Waals surface area contributed by atoms with Crippen LogP contribution in [0.2, 0.25) is 0 Å². The van der Waals surface area contributed by atoms with Crippen molar-refractivity contribution in [3.63, 3.8) is 0 Å². The van der Waals surface area contributed by atoms with Crippen molar-refractivity contribution in [2.75, 3.05) is 31.1 Å². The second kappa shape index (κ2) is 8.38. The standard InChI is InChI=1S/C24H31FN6/c1-17-9-8-12-21(18(17)2)29-13-15-30(16-14-29)22(19-10-6-7-11-20(19)25)23-26-27-28-31(23)24(3,4)5/h6-12,22H,13-16H2,1-5H3/t22-/m1/s1. The molecule has 164 valence electrons. The summed E-state index contributed by atoms with van der Waals surface area (Å²) in [6.07, 6.45) is 0. The molecule has 3 aromatic rings. The zero-order valence-corrected chi connectivity index (χ0v) is 19.0. The van der Waals surface area contributed by atoms with Gasteiger partial charge in [-0.25, -0.2) is 9.07 Å². The largest absolute Gasteiger partial charge is 0.369 e. The van der Waals surface area contributed by atoms with E-state index in [0.717, 1.165) is 26.2 Å². The molecule has 31 heavy (non-hydrogen) atoms. The van der Waals surface area contributed by atoms with E-state index < -0.39 is 0 Å². The fourth-order valence-corrected chi connectivity index (χ4v) is 4.34. The van der Waals surface area contributed by atoms with Crippen LogP contribution < -0.4 is 4.90 Å². The molecule has 0 radical (unpaired) electrons. The van der Waals surface area contributed by atoms with Crippen molar-refractivity contribution in [2.45, 2.75) is 46.2 Å². The van der Waals surface area contributed by atoms with Crippen LogP contribution in [0.4, 0.5) is 10.1 Å². The summed E-state index contributed by atoms with van der Waals surface area (Å²) >= 11 is 0. The quantitative estimate of drug-likeness (QED) is 0.634. The second-order valence-corrected chi connectivity index (χ2v) is 9.29. The Hall–Kier alpha value is -2.80. The zero-order valence-electron chi connectivity index (χ0n) is 19.0. The van der Waals surface area contributed by atoms with E-state index in [1.807, 2.05) is 16.8 Å². The molecule has 1 aromatic heterocycles. The maximum Gasteiger partial charge on any atom is 0.173 e. The van der Waals surface area contributed by atoms with E-state index in [0.29, 0.717) is 11.4 Å². The van der Waals surface area contributed by atoms with Crippen molar-refractivity contribution in [1.82, 2.24) is 25.1 Å². The maximum atomic E-state index is 14.9. The van der Waals surface area contributed by atoms with Crippen LogP contribution in [0.3, 0.4) is 0 Å². The second-order valence-electron chi connectivity index (χ2n) is 9.29. The minimum Gasteiger partial charge on any atom is -0.369 e. The average Bonchev–Trinajstić information content (AvgIpc) is 3.22. The zero-order chi connectivity index (χ0) is 22.2. The predicted octanol–water partition coefficient (Wildman–Crippen LogP) is 4.10. The van der Waals surface area contributed by atoms with E-state index in [4.69, 9.17) is 0 Å². The fraction of sp³-hybridized carbons (Fsp3) is 0.458. The summed E-state index contributed by atoms with van der Waals surface area (Å²) in [5.41, 5.74) is 4.21.